The standard InChI is InChI=1S/C17H16F2O4S/c1-10-9-23-16-14(19)8-7-13(18)15(16)17(10)24(20,21)12-5-3-11(22-2)4-6-12/h3-8,10,17H,9H2,1-2H3/t10-,17?/m1/s1. The van der Waals surface area contributed by atoms with Crippen LogP contribution in [0.5, 0.6) is 11.5 Å². The first kappa shape index (κ1) is 16.7. The van der Waals surface area contributed by atoms with E-state index in [1.54, 1.807) is 6.92 Å². The molecule has 0 bridgehead atoms. The molecule has 3 rings (SSSR count). The summed E-state index contributed by atoms with van der Waals surface area (Å²) in [4.78, 5) is 0.0247. The number of sulfone groups is 1. The maximum atomic E-state index is 14.3. The molecule has 1 aliphatic heterocycles. The quantitative estimate of drug-likeness (QED) is 0.846. The van der Waals surface area contributed by atoms with E-state index in [4.69, 9.17) is 9.47 Å². The number of benzene rings is 2. The summed E-state index contributed by atoms with van der Waals surface area (Å²) in [6.07, 6.45) is 0. The lowest BCUT2D eigenvalue weighted by Crippen LogP contribution is -2.31. The zero-order valence-corrected chi connectivity index (χ0v) is 13.9. The summed E-state index contributed by atoms with van der Waals surface area (Å²) < 4.78 is 64.6. The van der Waals surface area contributed by atoms with Gasteiger partial charge in [0.05, 0.1) is 24.2 Å². The Morgan fingerprint density at radius 1 is 1.08 bits per heavy atom. The average molecular weight is 354 g/mol. The third kappa shape index (κ3) is 2.62. The predicted molar refractivity (Wildman–Crippen MR) is 83.9 cm³/mol. The van der Waals surface area contributed by atoms with Gasteiger partial charge < -0.3 is 9.47 Å². The monoisotopic (exact) mass is 354 g/mol. The Morgan fingerprint density at radius 3 is 2.33 bits per heavy atom. The third-order valence-electron chi connectivity index (χ3n) is 4.11. The first-order valence-electron chi connectivity index (χ1n) is 7.35. The van der Waals surface area contributed by atoms with E-state index in [2.05, 4.69) is 0 Å². The second kappa shape index (κ2) is 6.05. The summed E-state index contributed by atoms with van der Waals surface area (Å²) in [5.41, 5.74) is -0.246. The molecule has 0 N–H and O–H groups in total. The number of ether oxygens (including phenoxy) is 2. The van der Waals surface area contributed by atoms with Crippen molar-refractivity contribution >= 4 is 9.84 Å². The van der Waals surface area contributed by atoms with Gasteiger partial charge in [-0.25, -0.2) is 17.2 Å². The van der Waals surface area contributed by atoms with Crippen molar-refractivity contribution in [2.75, 3.05) is 13.7 Å². The van der Waals surface area contributed by atoms with Gasteiger partial charge in [-0.05, 0) is 36.4 Å². The van der Waals surface area contributed by atoms with Crippen LogP contribution >= 0.6 is 0 Å². The van der Waals surface area contributed by atoms with Gasteiger partial charge in [-0.1, -0.05) is 6.92 Å². The fourth-order valence-corrected chi connectivity index (χ4v) is 4.95. The van der Waals surface area contributed by atoms with Gasteiger partial charge in [0.1, 0.15) is 16.8 Å². The molecule has 0 aromatic heterocycles. The van der Waals surface area contributed by atoms with E-state index in [9.17, 15) is 17.2 Å². The maximum absolute atomic E-state index is 14.3. The molecule has 128 valence electrons. The number of halogens is 2. The molecular formula is C17H16F2O4S. The lowest BCUT2D eigenvalue weighted by Gasteiger charge is -2.31. The van der Waals surface area contributed by atoms with Crippen LogP contribution in [-0.4, -0.2) is 22.1 Å². The minimum atomic E-state index is -3.93. The molecule has 0 spiro atoms. The summed E-state index contributed by atoms with van der Waals surface area (Å²) in [5, 5.41) is -1.22. The SMILES string of the molecule is COc1ccc(S(=O)(=O)C2c3c(F)ccc(F)c3OC[C@H]2C)cc1. The first-order valence-corrected chi connectivity index (χ1v) is 8.89. The number of methoxy groups -OCH3 is 1. The fourth-order valence-electron chi connectivity index (χ4n) is 2.92. The lowest BCUT2D eigenvalue weighted by atomic mass is 9.97. The molecule has 0 saturated heterocycles. The molecule has 0 saturated carbocycles. The summed E-state index contributed by atoms with van der Waals surface area (Å²) in [6, 6.07) is 7.67. The molecule has 0 radical (unpaired) electrons. The fraction of sp³-hybridized carbons (Fsp3) is 0.294. The van der Waals surface area contributed by atoms with Crippen LogP contribution in [0.3, 0.4) is 0 Å². The van der Waals surface area contributed by atoms with E-state index in [0.717, 1.165) is 12.1 Å². The Labute approximate surface area is 138 Å². The molecule has 1 heterocycles. The Morgan fingerprint density at radius 2 is 1.71 bits per heavy atom. The van der Waals surface area contributed by atoms with Gasteiger partial charge in [0, 0.05) is 5.92 Å². The van der Waals surface area contributed by atoms with Crippen molar-refractivity contribution in [1.29, 1.82) is 0 Å². The lowest BCUT2D eigenvalue weighted by molar-refractivity contribution is 0.213. The molecular weight excluding hydrogens is 338 g/mol. The van der Waals surface area contributed by atoms with Crippen LogP contribution in [0, 0.1) is 17.6 Å². The number of hydrogen-bond donors (Lipinski definition) is 0. The van der Waals surface area contributed by atoms with E-state index in [-0.39, 0.29) is 22.8 Å². The van der Waals surface area contributed by atoms with Gasteiger partial charge in [0.25, 0.3) is 0 Å². The summed E-state index contributed by atoms with van der Waals surface area (Å²) in [7, 11) is -2.46. The molecule has 7 heteroatoms. The molecule has 1 unspecified atom stereocenters. The third-order valence-corrected chi connectivity index (χ3v) is 6.41. The molecule has 1 aliphatic rings. The van der Waals surface area contributed by atoms with Crippen molar-refractivity contribution in [2.24, 2.45) is 5.92 Å². The number of rotatable bonds is 3. The highest BCUT2D eigenvalue weighted by Crippen LogP contribution is 2.45. The molecule has 4 nitrogen and oxygen atoms in total. The van der Waals surface area contributed by atoms with Crippen LogP contribution in [0.25, 0.3) is 0 Å². The Hall–Kier alpha value is -2.15. The predicted octanol–water partition coefficient (Wildman–Crippen LogP) is 3.52. The summed E-state index contributed by atoms with van der Waals surface area (Å²) in [6.45, 7) is 1.63. The van der Waals surface area contributed by atoms with Crippen molar-refractivity contribution in [3.05, 3.63) is 53.6 Å². The van der Waals surface area contributed by atoms with E-state index in [1.165, 1.54) is 31.4 Å². The minimum Gasteiger partial charge on any atom is -0.497 e. The van der Waals surface area contributed by atoms with E-state index in [1.807, 2.05) is 0 Å². The zero-order valence-electron chi connectivity index (χ0n) is 13.1. The molecule has 2 atom stereocenters. The molecule has 2 aromatic carbocycles. The van der Waals surface area contributed by atoms with Gasteiger partial charge in [0.15, 0.2) is 21.4 Å². The van der Waals surface area contributed by atoms with Crippen molar-refractivity contribution < 1.29 is 26.7 Å². The molecule has 0 aliphatic carbocycles. The van der Waals surface area contributed by atoms with Crippen LogP contribution in [0.4, 0.5) is 8.78 Å². The molecule has 2 aromatic rings. The van der Waals surface area contributed by atoms with Gasteiger partial charge in [-0.3, -0.25) is 0 Å². The smallest absolute Gasteiger partial charge is 0.186 e. The second-order valence-corrected chi connectivity index (χ2v) is 7.77. The second-order valence-electron chi connectivity index (χ2n) is 5.70. The average Bonchev–Trinajstić information content (AvgIpc) is 2.58. The van der Waals surface area contributed by atoms with Gasteiger partial charge in [-0.2, -0.15) is 0 Å². The molecule has 0 fully saturated rings. The largest absolute Gasteiger partial charge is 0.497 e. The first-order chi connectivity index (χ1) is 11.4. The van der Waals surface area contributed by atoms with Gasteiger partial charge in [-0.15, -0.1) is 0 Å². The number of fused-ring (bicyclic) bond motifs is 1. The Bertz CT molecular complexity index is 863. The van der Waals surface area contributed by atoms with Crippen molar-refractivity contribution in [2.45, 2.75) is 17.1 Å². The van der Waals surface area contributed by atoms with Crippen molar-refractivity contribution in [3.63, 3.8) is 0 Å². The van der Waals surface area contributed by atoms with Gasteiger partial charge >= 0.3 is 0 Å². The van der Waals surface area contributed by atoms with E-state index in [0.29, 0.717) is 5.75 Å². The molecule has 0 amide bonds. The van der Waals surface area contributed by atoms with Crippen LogP contribution in [-0.2, 0) is 9.84 Å². The highest BCUT2D eigenvalue weighted by Gasteiger charge is 2.42. The Kier molecular flexibility index (Phi) is 4.21. The Balaban J connectivity index is 2.16. The van der Waals surface area contributed by atoms with Crippen LogP contribution in [0.1, 0.15) is 17.7 Å². The van der Waals surface area contributed by atoms with E-state index < -0.39 is 32.6 Å². The zero-order chi connectivity index (χ0) is 17.5. The molecule has 24 heavy (non-hydrogen) atoms. The van der Waals surface area contributed by atoms with Gasteiger partial charge in [0.2, 0.25) is 0 Å². The normalized spacial score (nSPS) is 20.2. The maximum Gasteiger partial charge on any atom is 0.186 e. The van der Waals surface area contributed by atoms with Crippen LogP contribution in [0.15, 0.2) is 41.3 Å². The summed E-state index contributed by atoms with van der Waals surface area (Å²) in [5.74, 6) is -1.91. The van der Waals surface area contributed by atoms with Crippen molar-refractivity contribution in [3.8, 4) is 11.5 Å². The highest BCUT2D eigenvalue weighted by molar-refractivity contribution is 7.91. The number of hydrogen-bond acceptors (Lipinski definition) is 4. The topological polar surface area (TPSA) is 52.6 Å². The van der Waals surface area contributed by atoms with Crippen LogP contribution in [0.2, 0.25) is 0 Å². The minimum absolute atomic E-state index is 0.00652. The van der Waals surface area contributed by atoms with Crippen LogP contribution < -0.4 is 9.47 Å². The highest BCUT2D eigenvalue weighted by atomic mass is 32.2. The summed E-state index contributed by atoms with van der Waals surface area (Å²) >= 11 is 0. The van der Waals surface area contributed by atoms with Crippen molar-refractivity contribution in [1.82, 2.24) is 0 Å². The van der Waals surface area contributed by atoms with E-state index >= 15 is 0 Å².